The van der Waals surface area contributed by atoms with E-state index in [-0.39, 0.29) is 5.60 Å². The number of rotatable bonds is 4. The van der Waals surface area contributed by atoms with Crippen LogP contribution < -0.4 is 15.8 Å². The Balaban J connectivity index is 2.07. The highest BCUT2D eigenvalue weighted by Crippen LogP contribution is 2.25. The summed E-state index contributed by atoms with van der Waals surface area (Å²) in [5, 5.41) is 5.32. The molecule has 0 fully saturated rings. The first-order valence-corrected chi connectivity index (χ1v) is 7.04. The number of nitrogen functional groups attached to an aromatic ring is 1. The Morgan fingerprint density at radius 3 is 2.74 bits per heavy atom. The summed E-state index contributed by atoms with van der Waals surface area (Å²) >= 11 is 1.71. The standard InChI is InChI=1S/C14H19N3OS/c1-14(2,3)18-13-11(15)6-7-12(17-13)16-9-10-5-4-8-19-10/h4-8H,9,15H2,1-3H3,(H,16,17). The summed E-state index contributed by atoms with van der Waals surface area (Å²) in [4.78, 5) is 5.66. The third-order valence-corrected chi connectivity index (χ3v) is 3.19. The Bertz CT molecular complexity index is 532. The zero-order valence-corrected chi connectivity index (χ0v) is 12.3. The van der Waals surface area contributed by atoms with Crippen LogP contribution in [0.25, 0.3) is 0 Å². The fourth-order valence-corrected chi connectivity index (χ4v) is 2.16. The molecule has 0 saturated carbocycles. The van der Waals surface area contributed by atoms with Gasteiger partial charge < -0.3 is 15.8 Å². The monoisotopic (exact) mass is 277 g/mol. The van der Waals surface area contributed by atoms with Gasteiger partial charge in [0.2, 0.25) is 5.88 Å². The molecule has 0 atom stereocenters. The molecule has 0 saturated heterocycles. The normalized spacial score (nSPS) is 11.3. The molecule has 2 heterocycles. The van der Waals surface area contributed by atoms with Crippen molar-refractivity contribution >= 4 is 22.8 Å². The largest absolute Gasteiger partial charge is 0.470 e. The van der Waals surface area contributed by atoms with E-state index in [4.69, 9.17) is 10.5 Å². The van der Waals surface area contributed by atoms with E-state index in [1.165, 1.54) is 4.88 Å². The molecule has 2 aromatic rings. The van der Waals surface area contributed by atoms with E-state index in [2.05, 4.69) is 21.7 Å². The first-order chi connectivity index (χ1) is 8.94. The smallest absolute Gasteiger partial charge is 0.239 e. The zero-order chi connectivity index (χ0) is 13.9. The third-order valence-electron chi connectivity index (χ3n) is 2.32. The summed E-state index contributed by atoms with van der Waals surface area (Å²) in [6, 6.07) is 7.79. The lowest BCUT2D eigenvalue weighted by atomic mass is 10.2. The summed E-state index contributed by atoms with van der Waals surface area (Å²) in [6.07, 6.45) is 0. The molecule has 0 spiro atoms. The molecule has 4 nitrogen and oxygen atoms in total. The van der Waals surface area contributed by atoms with Crippen molar-refractivity contribution in [1.82, 2.24) is 4.98 Å². The minimum atomic E-state index is -0.312. The maximum absolute atomic E-state index is 5.87. The van der Waals surface area contributed by atoms with Crippen LogP contribution in [0.3, 0.4) is 0 Å². The molecule has 0 aliphatic rings. The Morgan fingerprint density at radius 2 is 2.11 bits per heavy atom. The van der Waals surface area contributed by atoms with Crippen molar-refractivity contribution < 1.29 is 4.74 Å². The van der Waals surface area contributed by atoms with E-state index in [0.717, 1.165) is 12.4 Å². The first kappa shape index (κ1) is 13.7. The highest BCUT2D eigenvalue weighted by molar-refractivity contribution is 7.09. The summed E-state index contributed by atoms with van der Waals surface area (Å²) in [5.41, 5.74) is 6.11. The molecule has 102 valence electrons. The quantitative estimate of drug-likeness (QED) is 0.897. The molecule has 0 bridgehead atoms. The van der Waals surface area contributed by atoms with E-state index in [9.17, 15) is 0 Å². The number of aromatic nitrogens is 1. The second-order valence-electron chi connectivity index (χ2n) is 5.24. The topological polar surface area (TPSA) is 60.2 Å². The maximum Gasteiger partial charge on any atom is 0.239 e. The predicted molar refractivity (Wildman–Crippen MR) is 80.7 cm³/mol. The highest BCUT2D eigenvalue weighted by atomic mass is 32.1. The van der Waals surface area contributed by atoms with Crippen molar-refractivity contribution in [3.63, 3.8) is 0 Å². The molecular formula is C14H19N3OS. The molecule has 2 rings (SSSR count). The minimum Gasteiger partial charge on any atom is -0.470 e. The Morgan fingerprint density at radius 1 is 1.32 bits per heavy atom. The zero-order valence-electron chi connectivity index (χ0n) is 11.4. The average molecular weight is 277 g/mol. The molecular weight excluding hydrogens is 258 g/mol. The van der Waals surface area contributed by atoms with Crippen LogP contribution in [0.4, 0.5) is 11.5 Å². The van der Waals surface area contributed by atoms with Gasteiger partial charge in [0.15, 0.2) is 0 Å². The molecule has 3 N–H and O–H groups in total. The van der Waals surface area contributed by atoms with Gasteiger partial charge in [-0.05, 0) is 44.4 Å². The molecule has 0 aliphatic heterocycles. The van der Waals surface area contributed by atoms with Crippen LogP contribution in [0.1, 0.15) is 25.6 Å². The molecule has 2 aromatic heterocycles. The van der Waals surface area contributed by atoms with E-state index >= 15 is 0 Å². The van der Waals surface area contributed by atoms with Crippen LogP contribution >= 0.6 is 11.3 Å². The molecule has 19 heavy (non-hydrogen) atoms. The van der Waals surface area contributed by atoms with Gasteiger partial charge in [-0.15, -0.1) is 11.3 Å². The lowest BCUT2D eigenvalue weighted by Gasteiger charge is -2.21. The van der Waals surface area contributed by atoms with Gasteiger partial charge in [-0.2, -0.15) is 4.98 Å². The summed E-state index contributed by atoms with van der Waals surface area (Å²) < 4.78 is 5.74. The van der Waals surface area contributed by atoms with Crippen LogP contribution in [0.5, 0.6) is 5.88 Å². The fraction of sp³-hybridized carbons (Fsp3) is 0.357. The molecule has 0 aromatic carbocycles. The number of hydrogen-bond acceptors (Lipinski definition) is 5. The molecule has 0 unspecified atom stereocenters. The molecule has 0 amide bonds. The van der Waals surface area contributed by atoms with E-state index in [0.29, 0.717) is 11.6 Å². The van der Waals surface area contributed by atoms with Gasteiger partial charge in [0.1, 0.15) is 11.4 Å². The number of nitrogens with two attached hydrogens (primary N) is 1. The number of nitrogens with zero attached hydrogens (tertiary/aromatic N) is 1. The average Bonchev–Trinajstić information content (AvgIpc) is 2.81. The van der Waals surface area contributed by atoms with Gasteiger partial charge >= 0.3 is 0 Å². The number of anilines is 2. The van der Waals surface area contributed by atoms with Gasteiger partial charge in [-0.1, -0.05) is 6.07 Å². The number of thiophene rings is 1. The van der Waals surface area contributed by atoms with Crippen molar-refractivity contribution in [2.45, 2.75) is 32.9 Å². The van der Waals surface area contributed by atoms with Crippen LogP contribution in [0.2, 0.25) is 0 Å². The van der Waals surface area contributed by atoms with Gasteiger partial charge in [-0.3, -0.25) is 0 Å². The number of ether oxygens (including phenoxy) is 1. The lowest BCUT2D eigenvalue weighted by Crippen LogP contribution is -2.24. The first-order valence-electron chi connectivity index (χ1n) is 6.16. The summed E-state index contributed by atoms with van der Waals surface area (Å²) in [5.74, 6) is 1.24. The van der Waals surface area contributed by atoms with E-state index < -0.39 is 0 Å². The minimum absolute atomic E-state index is 0.312. The summed E-state index contributed by atoms with van der Waals surface area (Å²) in [7, 11) is 0. The molecule has 0 radical (unpaired) electrons. The van der Waals surface area contributed by atoms with Crippen LogP contribution in [0.15, 0.2) is 29.6 Å². The van der Waals surface area contributed by atoms with Crippen LogP contribution in [-0.4, -0.2) is 10.6 Å². The van der Waals surface area contributed by atoms with E-state index in [1.807, 2.05) is 39.0 Å². The van der Waals surface area contributed by atoms with Crippen molar-refractivity contribution in [3.05, 3.63) is 34.5 Å². The van der Waals surface area contributed by atoms with Crippen LogP contribution in [-0.2, 0) is 6.54 Å². The van der Waals surface area contributed by atoms with Crippen LogP contribution in [0, 0.1) is 0 Å². The third kappa shape index (κ3) is 4.13. The van der Waals surface area contributed by atoms with Gasteiger partial charge in [-0.25, -0.2) is 0 Å². The second kappa shape index (κ2) is 5.48. The Kier molecular flexibility index (Phi) is 3.95. The van der Waals surface area contributed by atoms with Crippen molar-refractivity contribution in [2.75, 3.05) is 11.1 Å². The van der Waals surface area contributed by atoms with Crippen molar-refractivity contribution in [1.29, 1.82) is 0 Å². The van der Waals surface area contributed by atoms with Gasteiger partial charge in [0.25, 0.3) is 0 Å². The number of pyridine rings is 1. The molecule has 5 heteroatoms. The second-order valence-corrected chi connectivity index (χ2v) is 6.27. The SMILES string of the molecule is CC(C)(C)Oc1nc(NCc2cccs2)ccc1N. The van der Waals surface area contributed by atoms with Gasteiger partial charge in [0, 0.05) is 4.88 Å². The lowest BCUT2D eigenvalue weighted by molar-refractivity contribution is 0.125. The number of hydrogen-bond donors (Lipinski definition) is 2. The van der Waals surface area contributed by atoms with E-state index in [1.54, 1.807) is 11.3 Å². The number of nitrogens with one attached hydrogen (secondary N) is 1. The fourth-order valence-electron chi connectivity index (χ4n) is 1.51. The maximum atomic E-state index is 5.87. The molecule has 0 aliphatic carbocycles. The summed E-state index contributed by atoms with van der Waals surface area (Å²) in [6.45, 7) is 6.67. The van der Waals surface area contributed by atoms with Gasteiger partial charge in [0.05, 0.1) is 12.2 Å². The van der Waals surface area contributed by atoms with Crippen molar-refractivity contribution in [2.24, 2.45) is 0 Å². The highest BCUT2D eigenvalue weighted by Gasteiger charge is 2.15. The Hall–Kier alpha value is -1.75. The van der Waals surface area contributed by atoms with Crippen molar-refractivity contribution in [3.8, 4) is 5.88 Å². The Labute approximate surface area is 117 Å². The predicted octanol–water partition coefficient (Wildman–Crippen LogP) is 3.51.